The molecule has 0 fully saturated rings. The Labute approximate surface area is 135 Å². The first-order valence-electron chi connectivity index (χ1n) is 7.69. The highest BCUT2D eigenvalue weighted by Crippen LogP contribution is 2.46. The molecular formula is C19H19NO3. The molecule has 0 amide bonds. The van der Waals surface area contributed by atoms with Gasteiger partial charge in [-0.2, -0.15) is 0 Å². The fourth-order valence-electron chi connectivity index (χ4n) is 3.09. The molecule has 0 saturated heterocycles. The third-order valence-electron chi connectivity index (χ3n) is 4.19. The lowest BCUT2D eigenvalue weighted by atomic mass is 9.70. The Hall–Kier alpha value is -2.62. The van der Waals surface area contributed by atoms with Gasteiger partial charge in [-0.1, -0.05) is 65.8 Å². The average molecular weight is 309 g/mol. The van der Waals surface area contributed by atoms with Crippen molar-refractivity contribution in [2.75, 3.05) is 6.61 Å². The minimum absolute atomic E-state index is 0.308. The summed E-state index contributed by atoms with van der Waals surface area (Å²) in [6.45, 7) is 3.92. The third kappa shape index (κ3) is 2.40. The van der Waals surface area contributed by atoms with E-state index in [4.69, 9.17) is 9.57 Å². The van der Waals surface area contributed by atoms with Crippen molar-refractivity contribution >= 4 is 11.7 Å². The van der Waals surface area contributed by atoms with E-state index in [0.717, 1.165) is 11.1 Å². The van der Waals surface area contributed by atoms with Crippen LogP contribution >= 0.6 is 0 Å². The molecule has 3 rings (SSSR count). The molecule has 1 aliphatic rings. The number of hydrogen-bond acceptors (Lipinski definition) is 4. The van der Waals surface area contributed by atoms with Crippen LogP contribution in [-0.2, 0) is 19.8 Å². The van der Waals surface area contributed by atoms with Crippen LogP contribution < -0.4 is 0 Å². The van der Waals surface area contributed by atoms with Crippen LogP contribution in [0.2, 0.25) is 0 Å². The van der Waals surface area contributed by atoms with E-state index >= 15 is 0 Å². The fourth-order valence-corrected chi connectivity index (χ4v) is 3.09. The van der Waals surface area contributed by atoms with E-state index < -0.39 is 11.5 Å². The molecule has 2 aromatic carbocycles. The smallest absolute Gasteiger partial charge is 0.326 e. The quantitative estimate of drug-likeness (QED) is 0.810. The summed E-state index contributed by atoms with van der Waals surface area (Å²) in [7, 11) is 0. The molecule has 4 nitrogen and oxygen atoms in total. The Morgan fingerprint density at radius 1 is 1.13 bits per heavy atom. The number of rotatable bonds is 4. The van der Waals surface area contributed by atoms with Crippen molar-refractivity contribution in [1.82, 2.24) is 0 Å². The minimum Gasteiger partial charge on any atom is -0.465 e. The van der Waals surface area contributed by atoms with Crippen LogP contribution in [0.15, 0.2) is 65.8 Å². The molecule has 0 N–H and O–H groups in total. The molecule has 0 spiro atoms. The van der Waals surface area contributed by atoms with Gasteiger partial charge < -0.3 is 9.57 Å². The molecule has 23 heavy (non-hydrogen) atoms. The van der Waals surface area contributed by atoms with Crippen LogP contribution in [0.5, 0.6) is 0 Å². The monoisotopic (exact) mass is 309 g/mol. The van der Waals surface area contributed by atoms with Gasteiger partial charge in [0, 0.05) is 0 Å². The Kier molecular flexibility index (Phi) is 4.15. The zero-order valence-corrected chi connectivity index (χ0v) is 13.2. The first-order valence-corrected chi connectivity index (χ1v) is 7.69. The predicted octanol–water partition coefficient (Wildman–Crippen LogP) is 3.63. The predicted molar refractivity (Wildman–Crippen MR) is 88.1 cm³/mol. The van der Waals surface area contributed by atoms with E-state index in [0.29, 0.717) is 12.3 Å². The molecule has 0 aromatic heterocycles. The number of benzene rings is 2. The van der Waals surface area contributed by atoms with Gasteiger partial charge in [-0.05, 0) is 25.0 Å². The van der Waals surface area contributed by atoms with E-state index in [2.05, 4.69) is 5.16 Å². The van der Waals surface area contributed by atoms with Gasteiger partial charge in [0.25, 0.3) is 0 Å². The topological polar surface area (TPSA) is 47.9 Å². The molecule has 0 aliphatic carbocycles. The zero-order valence-electron chi connectivity index (χ0n) is 13.2. The molecule has 0 radical (unpaired) electrons. The number of oxime groups is 1. The van der Waals surface area contributed by atoms with Crippen LogP contribution in [0.1, 0.15) is 31.1 Å². The molecule has 0 bridgehead atoms. The number of ether oxygens (including phenoxy) is 1. The Morgan fingerprint density at radius 2 is 1.74 bits per heavy atom. The average Bonchev–Trinajstić information content (AvgIpc) is 2.95. The van der Waals surface area contributed by atoms with E-state index in [9.17, 15) is 4.79 Å². The van der Waals surface area contributed by atoms with Crippen molar-refractivity contribution in [3.63, 3.8) is 0 Å². The second-order valence-corrected chi connectivity index (χ2v) is 5.47. The van der Waals surface area contributed by atoms with Crippen molar-refractivity contribution in [2.24, 2.45) is 5.16 Å². The van der Waals surface area contributed by atoms with Crippen LogP contribution in [0.25, 0.3) is 0 Å². The summed E-state index contributed by atoms with van der Waals surface area (Å²) < 4.78 is 5.41. The molecule has 118 valence electrons. The SMILES string of the molecule is CCOC(=O)[C@@]1(c2ccccc2)C(C)=NOC1c1ccccc1. The Bertz CT molecular complexity index is 712. The minimum atomic E-state index is -1.06. The number of carbonyl (C=O) groups excluding carboxylic acids is 1. The number of hydrogen-bond donors (Lipinski definition) is 0. The van der Waals surface area contributed by atoms with Gasteiger partial charge in [-0.3, -0.25) is 4.79 Å². The highest BCUT2D eigenvalue weighted by atomic mass is 16.6. The highest BCUT2D eigenvalue weighted by molar-refractivity contribution is 6.12. The lowest BCUT2D eigenvalue weighted by Crippen LogP contribution is -2.46. The first kappa shape index (κ1) is 15.3. The van der Waals surface area contributed by atoms with Gasteiger partial charge in [-0.15, -0.1) is 0 Å². The van der Waals surface area contributed by atoms with Gasteiger partial charge in [0.1, 0.15) is 0 Å². The standard InChI is InChI=1S/C19H19NO3/c1-3-22-18(21)19(16-12-8-5-9-13-16)14(2)20-23-17(19)15-10-6-4-7-11-15/h4-13,17H,3H2,1-2H3/t17?,19-/m1/s1. The van der Waals surface area contributed by atoms with E-state index in [1.807, 2.05) is 67.6 Å². The van der Waals surface area contributed by atoms with E-state index in [-0.39, 0.29) is 5.97 Å². The largest absolute Gasteiger partial charge is 0.465 e. The molecule has 2 atom stereocenters. The van der Waals surface area contributed by atoms with Crippen LogP contribution in [0.3, 0.4) is 0 Å². The summed E-state index contributed by atoms with van der Waals surface area (Å²) in [4.78, 5) is 18.7. The van der Waals surface area contributed by atoms with Gasteiger partial charge in [0.2, 0.25) is 0 Å². The van der Waals surface area contributed by atoms with Gasteiger partial charge in [-0.25, -0.2) is 0 Å². The molecular weight excluding hydrogens is 290 g/mol. The normalized spacial score (nSPS) is 23.0. The van der Waals surface area contributed by atoms with Gasteiger partial charge in [0.15, 0.2) is 11.5 Å². The number of esters is 1. The molecule has 2 aromatic rings. The molecule has 0 saturated carbocycles. The Balaban J connectivity index is 2.19. The lowest BCUT2D eigenvalue weighted by molar-refractivity contribution is -0.151. The van der Waals surface area contributed by atoms with Crippen molar-refractivity contribution in [3.8, 4) is 0 Å². The molecule has 1 heterocycles. The summed E-state index contributed by atoms with van der Waals surface area (Å²) in [6.07, 6.45) is -0.537. The highest BCUT2D eigenvalue weighted by Gasteiger charge is 2.57. The zero-order chi connectivity index (χ0) is 16.3. The van der Waals surface area contributed by atoms with Crippen LogP contribution in [0, 0.1) is 0 Å². The second kappa shape index (κ2) is 6.24. The fraction of sp³-hybridized carbons (Fsp3) is 0.263. The van der Waals surface area contributed by atoms with Crippen molar-refractivity contribution in [1.29, 1.82) is 0 Å². The third-order valence-corrected chi connectivity index (χ3v) is 4.19. The summed E-state index contributed by atoms with van der Waals surface area (Å²) in [5.41, 5.74) is 1.27. The van der Waals surface area contributed by atoms with Gasteiger partial charge in [0.05, 0.1) is 12.3 Å². The second-order valence-electron chi connectivity index (χ2n) is 5.47. The van der Waals surface area contributed by atoms with E-state index in [1.165, 1.54) is 0 Å². The number of nitrogens with zero attached hydrogens (tertiary/aromatic N) is 1. The summed E-state index contributed by atoms with van der Waals surface area (Å²) in [5, 5.41) is 4.14. The van der Waals surface area contributed by atoms with Crippen molar-refractivity contribution in [2.45, 2.75) is 25.4 Å². The lowest BCUT2D eigenvalue weighted by Gasteiger charge is -2.31. The summed E-state index contributed by atoms with van der Waals surface area (Å²) >= 11 is 0. The van der Waals surface area contributed by atoms with Crippen LogP contribution in [-0.4, -0.2) is 18.3 Å². The van der Waals surface area contributed by atoms with E-state index in [1.54, 1.807) is 6.92 Å². The maximum atomic E-state index is 13.0. The Morgan fingerprint density at radius 3 is 2.35 bits per heavy atom. The first-order chi connectivity index (χ1) is 11.2. The van der Waals surface area contributed by atoms with Gasteiger partial charge >= 0.3 is 5.97 Å². The molecule has 4 heteroatoms. The molecule has 1 unspecified atom stereocenters. The van der Waals surface area contributed by atoms with Crippen LogP contribution in [0.4, 0.5) is 0 Å². The van der Waals surface area contributed by atoms with Crippen molar-refractivity contribution in [3.05, 3.63) is 71.8 Å². The summed E-state index contributed by atoms with van der Waals surface area (Å²) in [5.74, 6) is -0.334. The maximum Gasteiger partial charge on any atom is 0.326 e. The molecule has 1 aliphatic heterocycles. The number of carbonyl (C=O) groups is 1. The maximum absolute atomic E-state index is 13.0. The van der Waals surface area contributed by atoms with Crippen molar-refractivity contribution < 1.29 is 14.4 Å². The summed E-state index contributed by atoms with van der Waals surface area (Å²) in [6, 6.07) is 19.2.